The zero-order chi connectivity index (χ0) is 21.1. The highest BCUT2D eigenvalue weighted by atomic mass is 19.1. The summed E-state index contributed by atoms with van der Waals surface area (Å²) in [7, 11) is 0. The number of benzene rings is 3. The second-order valence-electron chi connectivity index (χ2n) is 6.62. The Balaban J connectivity index is 1.86. The number of nitrogens with one attached hydrogen (secondary N) is 2. The van der Waals surface area contributed by atoms with Crippen LogP contribution in [0.25, 0.3) is 33.5 Å². The number of nitrogens with zero attached hydrogens (tertiary/aromatic N) is 2. The third-order valence-corrected chi connectivity index (χ3v) is 4.49. The van der Waals surface area contributed by atoms with E-state index in [1.165, 1.54) is 24.3 Å². The number of rotatable bonds is 4. The molecule has 0 saturated heterocycles. The third-order valence-electron chi connectivity index (χ3n) is 4.49. The Labute approximate surface area is 171 Å². The van der Waals surface area contributed by atoms with Crippen molar-refractivity contribution in [2.24, 2.45) is 0 Å². The van der Waals surface area contributed by atoms with Crippen molar-refractivity contribution in [3.63, 3.8) is 0 Å². The fourth-order valence-electron chi connectivity index (χ4n) is 3.09. The molecule has 0 bridgehead atoms. The monoisotopic (exact) mass is 404 g/mol. The standard InChI is InChI=1S/C23H18F2N4O/c1-2-26-23(30)27-18-11-12-19-20(13-18)29-22(15-5-9-17(25)10-6-15)21(28-19)14-3-7-16(24)8-4-14/h3-13H,2H2,1H3,(H2,26,27,30). The molecule has 4 aromatic rings. The summed E-state index contributed by atoms with van der Waals surface area (Å²) in [4.78, 5) is 21.3. The van der Waals surface area contributed by atoms with Crippen LogP contribution in [0.15, 0.2) is 66.7 Å². The highest BCUT2D eigenvalue weighted by Gasteiger charge is 2.14. The Hall–Kier alpha value is -3.87. The van der Waals surface area contributed by atoms with E-state index in [9.17, 15) is 13.6 Å². The van der Waals surface area contributed by atoms with Gasteiger partial charge in [0.2, 0.25) is 0 Å². The van der Waals surface area contributed by atoms with Crippen LogP contribution in [-0.2, 0) is 0 Å². The fourth-order valence-corrected chi connectivity index (χ4v) is 3.09. The average molecular weight is 404 g/mol. The van der Waals surface area contributed by atoms with Gasteiger partial charge in [0.25, 0.3) is 0 Å². The smallest absolute Gasteiger partial charge is 0.319 e. The first-order chi connectivity index (χ1) is 14.5. The second kappa shape index (κ2) is 8.24. The van der Waals surface area contributed by atoms with Crippen LogP contribution in [0, 0.1) is 11.6 Å². The number of fused-ring (bicyclic) bond motifs is 1. The minimum atomic E-state index is -0.357. The molecule has 4 rings (SSSR count). The van der Waals surface area contributed by atoms with Crippen molar-refractivity contribution in [3.05, 3.63) is 78.4 Å². The largest absolute Gasteiger partial charge is 0.338 e. The van der Waals surface area contributed by atoms with E-state index in [1.807, 2.05) is 6.92 Å². The maximum Gasteiger partial charge on any atom is 0.319 e. The van der Waals surface area contributed by atoms with Crippen LogP contribution in [0.1, 0.15) is 6.92 Å². The maximum atomic E-state index is 13.4. The van der Waals surface area contributed by atoms with Crippen LogP contribution in [0.5, 0.6) is 0 Å². The van der Waals surface area contributed by atoms with E-state index in [0.29, 0.717) is 45.8 Å². The Morgan fingerprint density at radius 1 is 0.800 bits per heavy atom. The van der Waals surface area contributed by atoms with Crippen LogP contribution in [0.4, 0.5) is 19.3 Å². The van der Waals surface area contributed by atoms with Crippen molar-refractivity contribution < 1.29 is 13.6 Å². The van der Waals surface area contributed by atoms with Gasteiger partial charge < -0.3 is 10.6 Å². The van der Waals surface area contributed by atoms with E-state index in [4.69, 9.17) is 9.97 Å². The Morgan fingerprint density at radius 3 is 1.87 bits per heavy atom. The highest BCUT2D eigenvalue weighted by molar-refractivity contribution is 5.93. The summed E-state index contributed by atoms with van der Waals surface area (Å²) >= 11 is 0. The molecule has 150 valence electrons. The van der Waals surface area contributed by atoms with Gasteiger partial charge >= 0.3 is 6.03 Å². The summed E-state index contributed by atoms with van der Waals surface area (Å²) in [6.45, 7) is 2.34. The highest BCUT2D eigenvalue weighted by Crippen LogP contribution is 2.32. The van der Waals surface area contributed by atoms with Gasteiger partial charge in [-0.15, -0.1) is 0 Å². The summed E-state index contributed by atoms with van der Waals surface area (Å²) < 4.78 is 26.8. The van der Waals surface area contributed by atoms with Crippen molar-refractivity contribution in [1.82, 2.24) is 15.3 Å². The van der Waals surface area contributed by atoms with E-state index in [2.05, 4.69) is 10.6 Å². The number of aromatic nitrogens is 2. The molecule has 0 radical (unpaired) electrons. The van der Waals surface area contributed by atoms with Gasteiger partial charge in [0, 0.05) is 23.4 Å². The minimum Gasteiger partial charge on any atom is -0.338 e. The van der Waals surface area contributed by atoms with Crippen LogP contribution >= 0.6 is 0 Å². The lowest BCUT2D eigenvalue weighted by Crippen LogP contribution is -2.28. The molecule has 0 aliphatic carbocycles. The molecule has 0 spiro atoms. The van der Waals surface area contributed by atoms with E-state index in [1.54, 1.807) is 42.5 Å². The number of halogens is 2. The molecular weight excluding hydrogens is 386 g/mol. The van der Waals surface area contributed by atoms with E-state index in [-0.39, 0.29) is 17.7 Å². The molecule has 0 aliphatic heterocycles. The first-order valence-electron chi connectivity index (χ1n) is 9.42. The zero-order valence-corrected chi connectivity index (χ0v) is 16.1. The van der Waals surface area contributed by atoms with Gasteiger partial charge in [0.15, 0.2) is 0 Å². The molecule has 0 fully saturated rings. The van der Waals surface area contributed by atoms with Crippen LogP contribution in [0.2, 0.25) is 0 Å². The van der Waals surface area contributed by atoms with Crippen molar-refractivity contribution >= 4 is 22.8 Å². The van der Waals surface area contributed by atoms with Crippen molar-refractivity contribution in [3.8, 4) is 22.5 Å². The maximum absolute atomic E-state index is 13.4. The quantitative estimate of drug-likeness (QED) is 0.480. The molecule has 3 aromatic carbocycles. The van der Waals surface area contributed by atoms with Gasteiger partial charge in [-0.2, -0.15) is 0 Å². The average Bonchev–Trinajstić information content (AvgIpc) is 2.74. The van der Waals surface area contributed by atoms with E-state index in [0.717, 1.165) is 0 Å². The number of hydrogen-bond acceptors (Lipinski definition) is 3. The van der Waals surface area contributed by atoms with Crippen LogP contribution in [0.3, 0.4) is 0 Å². The predicted molar refractivity (Wildman–Crippen MR) is 113 cm³/mol. The van der Waals surface area contributed by atoms with Gasteiger partial charge in [-0.25, -0.2) is 23.5 Å². The van der Waals surface area contributed by atoms with Crippen molar-refractivity contribution in [2.45, 2.75) is 6.92 Å². The first kappa shape index (κ1) is 19.4. The summed E-state index contributed by atoms with van der Waals surface area (Å²) in [6.07, 6.45) is 0. The second-order valence-corrected chi connectivity index (χ2v) is 6.62. The summed E-state index contributed by atoms with van der Waals surface area (Å²) in [6, 6.07) is 16.8. The third kappa shape index (κ3) is 4.10. The lowest BCUT2D eigenvalue weighted by Gasteiger charge is -2.12. The summed E-state index contributed by atoms with van der Waals surface area (Å²) in [5.74, 6) is -0.707. The Bertz CT molecular complexity index is 1210. The van der Waals surface area contributed by atoms with Gasteiger partial charge in [-0.1, -0.05) is 0 Å². The normalized spacial score (nSPS) is 10.8. The summed E-state index contributed by atoms with van der Waals surface area (Å²) in [5, 5.41) is 5.41. The number of hydrogen-bond donors (Lipinski definition) is 2. The number of urea groups is 1. The van der Waals surface area contributed by atoms with Crippen LogP contribution < -0.4 is 10.6 Å². The molecule has 0 saturated carbocycles. The SMILES string of the molecule is CCNC(=O)Nc1ccc2nc(-c3ccc(F)cc3)c(-c3ccc(F)cc3)nc2c1. The topological polar surface area (TPSA) is 66.9 Å². The fraction of sp³-hybridized carbons (Fsp3) is 0.0870. The van der Waals surface area contributed by atoms with Crippen molar-refractivity contribution in [1.29, 1.82) is 0 Å². The molecule has 5 nitrogen and oxygen atoms in total. The lowest BCUT2D eigenvalue weighted by molar-refractivity contribution is 0.252. The molecule has 1 aromatic heterocycles. The molecule has 7 heteroatoms. The molecule has 30 heavy (non-hydrogen) atoms. The number of carbonyl (C=O) groups excluding carboxylic acids is 1. The molecular formula is C23H18F2N4O. The Kier molecular flexibility index (Phi) is 5.34. The Morgan fingerprint density at radius 2 is 1.33 bits per heavy atom. The summed E-state index contributed by atoms with van der Waals surface area (Å²) in [5.41, 5.74) is 4.20. The van der Waals surface area contributed by atoms with Gasteiger partial charge in [-0.3, -0.25) is 0 Å². The van der Waals surface area contributed by atoms with E-state index < -0.39 is 0 Å². The molecule has 0 atom stereocenters. The number of amides is 2. The molecule has 0 unspecified atom stereocenters. The first-order valence-corrected chi connectivity index (χ1v) is 9.42. The lowest BCUT2D eigenvalue weighted by atomic mass is 10.0. The molecule has 2 N–H and O–H groups in total. The van der Waals surface area contributed by atoms with Gasteiger partial charge in [-0.05, 0) is 73.7 Å². The van der Waals surface area contributed by atoms with Crippen molar-refractivity contribution in [2.75, 3.05) is 11.9 Å². The molecule has 1 heterocycles. The number of anilines is 1. The van der Waals surface area contributed by atoms with Gasteiger partial charge in [0.1, 0.15) is 11.6 Å². The van der Waals surface area contributed by atoms with Gasteiger partial charge in [0.05, 0.1) is 22.4 Å². The molecule has 2 amide bonds. The van der Waals surface area contributed by atoms with Crippen LogP contribution in [-0.4, -0.2) is 22.5 Å². The zero-order valence-electron chi connectivity index (χ0n) is 16.1. The number of carbonyl (C=O) groups is 1. The predicted octanol–water partition coefficient (Wildman–Crippen LogP) is 5.38. The van der Waals surface area contributed by atoms with E-state index >= 15 is 0 Å². The molecule has 0 aliphatic rings. The minimum absolute atomic E-state index is 0.313.